The van der Waals surface area contributed by atoms with Gasteiger partial charge in [-0.2, -0.15) is 5.26 Å². The van der Waals surface area contributed by atoms with Gasteiger partial charge in [-0.15, -0.1) is 6.42 Å². The molecule has 3 aliphatic carbocycles. The van der Waals surface area contributed by atoms with Crippen molar-refractivity contribution in [3.63, 3.8) is 0 Å². The topological polar surface area (TPSA) is 62.3 Å². The first kappa shape index (κ1) is 18.5. The molecule has 4 nitrogen and oxygen atoms in total. The van der Waals surface area contributed by atoms with E-state index in [2.05, 4.69) is 22.6 Å². The van der Waals surface area contributed by atoms with Gasteiger partial charge in [-0.1, -0.05) is 32.8 Å². The molecule has 3 atom stereocenters. The lowest BCUT2D eigenvalue weighted by atomic mass is 9.46. The highest BCUT2D eigenvalue weighted by molar-refractivity contribution is 6.09. The molecule has 1 saturated carbocycles. The average Bonchev–Trinajstić information content (AvgIpc) is 2.63. The van der Waals surface area contributed by atoms with Crippen LogP contribution in [0, 0.1) is 64.3 Å². The number of nitriles is 1. The smallest absolute Gasteiger partial charge is 0.226 e. The number of terminal acetylenes is 1. The summed E-state index contributed by atoms with van der Waals surface area (Å²) >= 11 is 0. The molecule has 4 heteroatoms. The first-order valence-electron chi connectivity index (χ1n) is 8.69. The second kappa shape index (κ2) is 5.84. The summed E-state index contributed by atoms with van der Waals surface area (Å²) in [6.07, 6.45) is 11.3. The molecule has 0 unspecified atom stereocenters. The molecule has 0 saturated heterocycles. The van der Waals surface area contributed by atoms with E-state index >= 15 is 0 Å². The van der Waals surface area contributed by atoms with Gasteiger partial charge in [-0.05, 0) is 48.3 Å². The minimum atomic E-state index is -0.837. The fourth-order valence-electron chi connectivity index (χ4n) is 5.05. The normalized spacial score (nSPS) is 33.3. The van der Waals surface area contributed by atoms with Crippen molar-refractivity contribution in [2.24, 2.45) is 22.2 Å². The van der Waals surface area contributed by atoms with Crippen LogP contribution in [0.5, 0.6) is 0 Å². The molecule has 0 amide bonds. The van der Waals surface area contributed by atoms with Crippen LogP contribution < -0.4 is 0 Å². The quantitative estimate of drug-likeness (QED) is 0.495. The van der Waals surface area contributed by atoms with E-state index in [4.69, 9.17) is 13.0 Å². The third kappa shape index (κ3) is 2.39. The predicted molar refractivity (Wildman–Crippen MR) is 100 cm³/mol. The molecule has 0 spiro atoms. The molecule has 0 bridgehead atoms. The summed E-state index contributed by atoms with van der Waals surface area (Å²) in [6, 6.07) is 1.95. The second-order valence-corrected chi connectivity index (χ2v) is 8.02. The number of nitrogens with zero attached hydrogens (tertiary/aromatic N) is 2. The Bertz CT molecular complexity index is 1050. The van der Waals surface area contributed by atoms with E-state index in [1.54, 1.807) is 12.2 Å². The average molecular weight is 354 g/mol. The van der Waals surface area contributed by atoms with Crippen LogP contribution in [0.4, 0.5) is 0 Å². The van der Waals surface area contributed by atoms with Gasteiger partial charge in [0.15, 0.2) is 11.6 Å². The van der Waals surface area contributed by atoms with E-state index in [1.165, 1.54) is 6.08 Å². The minimum Gasteiger partial charge on any atom is -0.307 e. The van der Waals surface area contributed by atoms with Crippen LogP contribution >= 0.6 is 0 Å². The summed E-state index contributed by atoms with van der Waals surface area (Å²) in [7, 11) is 0. The predicted octanol–water partition coefficient (Wildman–Crippen LogP) is 3.40. The van der Waals surface area contributed by atoms with Gasteiger partial charge in [-0.3, -0.25) is 4.79 Å². The zero-order chi connectivity index (χ0) is 20.0. The number of rotatable bonds is 0. The molecule has 3 aliphatic rings. The Kier molecular flexibility index (Phi) is 3.99. The van der Waals surface area contributed by atoms with Crippen LogP contribution in [0.15, 0.2) is 35.1 Å². The molecule has 0 heterocycles. The molecule has 0 N–H and O–H groups in total. The van der Waals surface area contributed by atoms with Gasteiger partial charge in [0.2, 0.25) is 5.70 Å². The number of Topliss-reactive ketones (excluding diaryl/α,β-unsaturated/α-hetero) is 1. The number of allylic oxidation sites excluding steroid dienone is 6. The molecule has 0 aromatic carbocycles. The van der Waals surface area contributed by atoms with E-state index in [1.807, 2.05) is 26.8 Å². The summed E-state index contributed by atoms with van der Waals surface area (Å²) < 4.78 is 0. The van der Waals surface area contributed by atoms with Gasteiger partial charge in [0, 0.05) is 10.8 Å². The van der Waals surface area contributed by atoms with Crippen LogP contribution in [0.25, 0.3) is 4.85 Å². The lowest BCUT2D eigenvalue weighted by molar-refractivity contribution is -0.130. The Morgan fingerprint density at radius 3 is 2.59 bits per heavy atom. The van der Waals surface area contributed by atoms with Crippen molar-refractivity contribution >= 4 is 11.6 Å². The zero-order valence-corrected chi connectivity index (χ0v) is 15.5. The molecular weight excluding hydrogens is 336 g/mol. The first-order chi connectivity index (χ1) is 12.7. The van der Waals surface area contributed by atoms with Gasteiger partial charge < -0.3 is 4.79 Å². The standard InChI is InChI=1S/C23H18N2O2/c1-6-7-9-23-10-8-18-21(2,3)20(27)16(25-5)13-22(18,4)19(23)11-17(26)15(12-23)14-24/h1,11-13,18H,8,10H2,2-4H3/t18-,22-,23-/m0/s1. The monoisotopic (exact) mass is 354 g/mol. The summed E-state index contributed by atoms with van der Waals surface area (Å²) in [6.45, 7) is 13.1. The molecule has 0 aromatic heterocycles. The first-order valence-corrected chi connectivity index (χ1v) is 8.69. The Hall–Kier alpha value is -3.34. The van der Waals surface area contributed by atoms with E-state index in [0.717, 1.165) is 5.57 Å². The third-order valence-corrected chi connectivity index (χ3v) is 6.27. The zero-order valence-electron chi connectivity index (χ0n) is 15.5. The SMILES string of the molecule is [C-]#[N+]C1=C[C@]2(C)C3=CC(=O)C(C#N)=C[C@]3(C#CC#C)CC[C@H]2C(C)(C)C1=O. The largest absolute Gasteiger partial charge is 0.307 e. The summed E-state index contributed by atoms with van der Waals surface area (Å²) in [5, 5.41) is 9.33. The summed E-state index contributed by atoms with van der Waals surface area (Å²) in [5.41, 5.74) is -1.42. The Labute approximate surface area is 159 Å². The summed E-state index contributed by atoms with van der Waals surface area (Å²) in [4.78, 5) is 28.7. The molecule has 132 valence electrons. The van der Waals surface area contributed by atoms with Crippen LogP contribution in [-0.2, 0) is 9.59 Å². The highest BCUT2D eigenvalue weighted by Crippen LogP contribution is 2.63. The molecule has 3 rings (SSSR count). The molecule has 27 heavy (non-hydrogen) atoms. The van der Waals surface area contributed by atoms with Crippen molar-refractivity contribution in [2.45, 2.75) is 33.6 Å². The van der Waals surface area contributed by atoms with Crippen LogP contribution in [-0.4, -0.2) is 11.6 Å². The van der Waals surface area contributed by atoms with Gasteiger partial charge in [-0.25, -0.2) is 4.85 Å². The van der Waals surface area contributed by atoms with Gasteiger partial charge in [0.1, 0.15) is 6.07 Å². The van der Waals surface area contributed by atoms with Crippen molar-refractivity contribution in [3.8, 4) is 30.3 Å². The van der Waals surface area contributed by atoms with E-state index in [0.29, 0.717) is 12.8 Å². The number of hydrogen-bond acceptors (Lipinski definition) is 3. The Morgan fingerprint density at radius 1 is 1.30 bits per heavy atom. The number of carbonyl (C=O) groups excluding carboxylic acids is 2. The van der Waals surface area contributed by atoms with Crippen molar-refractivity contribution in [1.82, 2.24) is 0 Å². The lowest BCUT2D eigenvalue weighted by Crippen LogP contribution is -2.53. The molecule has 1 fully saturated rings. The van der Waals surface area contributed by atoms with Crippen molar-refractivity contribution in [3.05, 3.63) is 46.5 Å². The van der Waals surface area contributed by atoms with Crippen LogP contribution in [0.3, 0.4) is 0 Å². The molecule has 0 radical (unpaired) electrons. The number of ketones is 2. The number of hydrogen-bond donors (Lipinski definition) is 0. The van der Waals surface area contributed by atoms with Crippen molar-refractivity contribution in [2.75, 3.05) is 0 Å². The maximum atomic E-state index is 12.8. The van der Waals surface area contributed by atoms with Crippen molar-refractivity contribution in [1.29, 1.82) is 5.26 Å². The molecule has 0 aromatic rings. The maximum Gasteiger partial charge on any atom is 0.226 e. The Balaban J connectivity index is 2.33. The van der Waals surface area contributed by atoms with E-state index in [9.17, 15) is 14.9 Å². The Morgan fingerprint density at radius 2 is 2.00 bits per heavy atom. The van der Waals surface area contributed by atoms with Crippen molar-refractivity contribution < 1.29 is 9.59 Å². The van der Waals surface area contributed by atoms with Gasteiger partial charge >= 0.3 is 0 Å². The lowest BCUT2D eigenvalue weighted by Gasteiger charge is -2.56. The molecule has 0 aliphatic heterocycles. The number of fused-ring (bicyclic) bond motifs is 3. The van der Waals surface area contributed by atoms with Crippen LogP contribution in [0.2, 0.25) is 0 Å². The highest BCUT2D eigenvalue weighted by atomic mass is 16.1. The van der Waals surface area contributed by atoms with Gasteiger partial charge in [0.05, 0.1) is 17.6 Å². The second-order valence-electron chi connectivity index (χ2n) is 8.02. The minimum absolute atomic E-state index is 0.0487. The summed E-state index contributed by atoms with van der Waals surface area (Å²) in [5.74, 6) is 7.42. The number of carbonyl (C=O) groups is 2. The fourth-order valence-corrected chi connectivity index (χ4v) is 5.05. The van der Waals surface area contributed by atoms with Gasteiger partial charge in [0.25, 0.3) is 0 Å². The van der Waals surface area contributed by atoms with E-state index < -0.39 is 16.2 Å². The van der Waals surface area contributed by atoms with E-state index in [-0.39, 0.29) is 28.8 Å². The highest BCUT2D eigenvalue weighted by Gasteiger charge is 2.59. The van der Waals surface area contributed by atoms with Crippen LogP contribution in [0.1, 0.15) is 33.6 Å². The third-order valence-electron chi connectivity index (χ3n) is 6.27. The molecular formula is C23H18N2O2. The maximum absolute atomic E-state index is 12.8. The fraction of sp³-hybridized carbons (Fsp3) is 0.391.